The average molecular weight is 362 g/mol. The van der Waals surface area contributed by atoms with Crippen LogP contribution in [-0.4, -0.2) is 51.3 Å². The van der Waals surface area contributed by atoms with Crippen LogP contribution < -0.4 is 15.5 Å². The Kier molecular flexibility index (Phi) is 4.17. The molecule has 8 heteroatoms. The van der Waals surface area contributed by atoms with Crippen molar-refractivity contribution >= 4 is 17.5 Å². The summed E-state index contributed by atoms with van der Waals surface area (Å²) in [4.78, 5) is 15.8. The van der Waals surface area contributed by atoms with Gasteiger partial charge >= 0.3 is 0 Å². The van der Waals surface area contributed by atoms with Crippen LogP contribution in [0.1, 0.15) is 24.5 Å². The van der Waals surface area contributed by atoms with E-state index in [2.05, 4.69) is 46.7 Å². The molecule has 2 fully saturated rings. The number of aromatic amines is 1. The number of H-pyrrole nitrogens is 1. The Morgan fingerprint density at radius 2 is 1.93 bits per heavy atom. The number of aromatic nitrogens is 5. The van der Waals surface area contributed by atoms with Crippen LogP contribution in [-0.2, 0) is 0 Å². The fourth-order valence-corrected chi connectivity index (χ4v) is 3.44. The van der Waals surface area contributed by atoms with Gasteiger partial charge < -0.3 is 15.5 Å². The van der Waals surface area contributed by atoms with Gasteiger partial charge in [-0.15, -0.1) is 0 Å². The van der Waals surface area contributed by atoms with Crippen molar-refractivity contribution in [3.05, 3.63) is 42.5 Å². The van der Waals surface area contributed by atoms with Gasteiger partial charge in [0, 0.05) is 49.6 Å². The lowest BCUT2D eigenvalue weighted by Crippen LogP contribution is -2.43. The maximum Gasteiger partial charge on any atom is 0.228 e. The Balaban J connectivity index is 1.33. The molecule has 4 heterocycles. The van der Waals surface area contributed by atoms with E-state index in [9.17, 15) is 0 Å². The quantitative estimate of drug-likeness (QED) is 0.641. The third kappa shape index (κ3) is 3.48. The highest BCUT2D eigenvalue weighted by molar-refractivity contribution is 5.64. The molecule has 5 rings (SSSR count). The Morgan fingerprint density at radius 1 is 1.04 bits per heavy atom. The van der Waals surface area contributed by atoms with Crippen molar-refractivity contribution in [2.24, 2.45) is 0 Å². The molecule has 3 aromatic rings. The summed E-state index contributed by atoms with van der Waals surface area (Å²) in [6.45, 7) is 4.04. The zero-order chi connectivity index (χ0) is 18.1. The molecule has 0 atom stereocenters. The van der Waals surface area contributed by atoms with Crippen LogP contribution in [0.15, 0.2) is 36.8 Å². The van der Waals surface area contributed by atoms with Crippen molar-refractivity contribution in [1.29, 1.82) is 0 Å². The van der Waals surface area contributed by atoms with Crippen molar-refractivity contribution in [3.8, 4) is 11.3 Å². The molecule has 2 aliphatic rings. The van der Waals surface area contributed by atoms with E-state index in [-0.39, 0.29) is 0 Å². The lowest BCUT2D eigenvalue weighted by molar-refractivity contribution is 0.589. The first-order valence-electron chi connectivity index (χ1n) is 9.42. The van der Waals surface area contributed by atoms with E-state index in [1.807, 2.05) is 24.5 Å². The summed E-state index contributed by atoms with van der Waals surface area (Å²) in [6, 6.07) is 5.98. The van der Waals surface area contributed by atoms with Gasteiger partial charge in [-0.25, -0.2) is 15.0 Å². The van der Waals surface area contributed by atoms with Gasteiger partial charge in [0.25, 0.3) is 0 Å². The zero-order valence-corrected chi connectivity index (χ0v) is 15.0. The summed E-state index contributed by atoms with van der Waals surface area (Å²) in [6.07, 6.45) is 7.95. The molecule has 0 unspecified atom stereocenters. The third-order valence-electron chi connectivity index (χ3n) is 5.06. The second-order valence-corrected chi connectivity index (χ2v) is 7.00. The van der Waals surface area contributed by atoms with Crippen molar-refractivity contribution in [3.63, 3.8) is 0 Å². The van der Waals surface area contributed by atoms with E-state index in [0.717, 1.165) is 48.9 Å². The first-order valence-corrected chi connectivity index (χ1v) is 9.42. The van der Waals surface area contributed by atoms with Crippen LogP contribution >= 0.6 is 0 Å². The average Bonchev–Trinajstić information content (AvgIpc) is 3.46. The molecule has 0 aromatic carbocycles. The van der Waals surface area contributed by atoms with Gasteiger partial charge in [-0.05, 0) is 31.0 Å². The summed E-state index contributed by atoms with van der Waals surface area (Å²) >= 11 is 0. The molecule has 1 aliphatic carbocycles. The van der Waals surface area contributed by atoms with E-state index in [4.69, 9.17) is 0 Å². The molecule has 138 valence electrons. The molecule has 8 nitrogen and oxygen atoms in total. The Labute approximate surface area is 157 Å². The van der Waals surface area contributed by atoms with Crippen LogP contribution in [0.2, 0.25) is 0 Å². The maximum absolute atomic E-state index is 4.65. The monoisotopic (exact) mass is 362 g/mol. The molecule has 1 aliphatic heterocycles. The summed E-state index contributed by atoms with van der Waals surface area (Å²) in [5.74, 6) is 1.87. The predicted octanol–water partition coefficient (Wildman–Crippen LogP) is 2.29. The number of anilines is 3. The van der Waals surface area contributed by atoms with Gasteiger partial charge in [0.15, 0.2) is 0 Å². The SMILES string of the molecule is c1cc(-c2cn[nH]c2C2CC2)nc(Nc2ccc(N3CCNCC3)cn2)n1. The first kappa shape index (κ1) is 16.2. The molecule has 0 spiro atoms. The number of rotatable bonds is 5. The van der Waals surface area contributed by atoms with Gasteiger partial charge in [-0.2, -0.15) is 5.10 Å². The van der Waals surface area contributed by atoms with E-state index in [0.29, 0.717) is 11.9 Å². The van der Waals surface area contributed by atoms with Crippen LogP contribution in [0.4, 0.5) is 17.5 Å². The third-order valence-corrected chi connectivity index (χ3v) is 5.06. The lowest BCUT2D eigenvalue weighted by atomic mass is 10.1. The minimum Gasteiger partial charge on any atom is -0.368 e. The van der Waals surface area contributed by atoms with Crippen molar-refractivity contribution in [2.75, 3.05) is 36.4 Å². The van der Waals surface area contributed by atoms with Crippen molar-refractivity contribution in [2.45, 2.75) is 18.8 Å². The summed E-state index contributed by atoms with van der Waals surface area (Å²) in [7, 11) is 0. The highest BCUT2D eigenvalue weighted by Crippen LogP contribution is 2.42. The molecule has 0 bridgehead atoms. The molecule has 27 heavy (non-hydrogen) atoms. The number of piperazine rings is 1. The first-order chi connectivity index (χ1) is 13.4. The smallest absolute Gasteiger partial charge is 0.228 e. The lowest BCUT2D eigenvalue weighted by Gasteiger charge is -2.29. The number of pyridine rings is 1. The van der Waals surface area contributed by atoms with Crippen LogP contribution in [0.3, 0.4) is 0 Å². The highest BCUT2D eigenvalue weighted by atomic mass is 15.2. The van der Waals surface area contributed by atoms with E-state index >= 15 is 0 Å². The minimum absolute atomic E-state index is 0.540. The molecular weight excluding hydrogens is 340 g/mol. The highest BCUT2D eigenvalue weighted by Gasteiger charge is 2.28. The van der Waals surface area contributed by atoms with Crippen LogP contribution in [0.25, 0.3) is 11.3 Å². The molecule has 1 saturated heterocycles. The van der Waals surface area contributed by atoms with Gasteiger partial charge in [-0.3, -0.25) is 5.10 Å². The zero-order valence-electron chi connectivity index (χ0n) is 15.0. The van der Waals surface area contributed by atoms with Gasteiger partial charge in [0.05, 0.1) is 23.8 Å². The van der Waals surface area contributed by atoms with E-state index in [1.54, 1.807) is 6.20 Å². The topological polar surface area (TPSA) is 94.7 Å². The maximum atomic E-state index is 4.65. The number of nitrogens with zero attached hydrogens (tertiary/aromatic N) is 5. The minimum atomic E-state index is 0.540. The second kappa shape index (κ2) is 6.96. The van der Waals surface area contributed by atoms with Crippen LogP contribution in [0, 0.1) is 0 Å². The van der Waals surface area contributed by atoms with Crippen molar-refractivity contribution < 1.29 is 0 Å². The number of hydrogen-bond donors (Lipinski definition) is 3. The summed E-state index contributed by atoms with van der Waals surface area (Å²) in [5.41, 5.74) is 4.26. The van der Waals surface area contributed by atoms with Gasteiger partial charge in [0.1, 0.15) is 5.82 Å². The normalized spacial score (nSPS) is 17.1. The summed E-state index contributed by atoms with van der Waals surface area (Å²) in [5, 5.41) is 13.9. The second-order valence-electron chi connectivity index (χ2n) is 7.00. The molecule has 3 aromatic heterocycles. The van der Waals surface area contributed by atoms with E-state index < -0.39 is 0 Å². The fourth-order valence-electron chi connectivity index (χ4n) is 3.44. The Morgan fingerprint density at radius 3 is 2.70 bits per heavy atom. The van der Waals surface area contributed by atoms with Crippen LogP contribution in [0.5, 0.6) is 0 Å². The van der Waals surface area contributed by atoms with Gasteiger partial charge in [0.2, 0.25) is 5.95 Å². The summed E-state index contributed by atoms with van der Waals surface area (Å²) < 4.78 is 0. The van der Waals surface area contributed by atoms with Gasteiger partial charge in [-0.1, -0.05) is 0 Å². The Hall–Kier alpha value is -3.00. The number of nitrogens with one attached hydrogen (secondary N) is 3. The molecule has 3 N–H and O–H groups in total. The van der Waals surface area contributed by atoms with Crippen molar-refractivity contribution in [1.82, 2.24) is 30.5 Å². The molecular formula is C19H22N8. The molecule has 0 radical (unpaired) electrons. The van der Waals surface area contributed by atoms with E-state index in [1.165, 1.54) is 18.5 Å². The Bertz CT molecular complexity index is 909. The predicted molar refractivity (Wildman–Crippen MR) is 104 cm³/mol. The number of hydrogen-bond acceptors (Lipinski definition) is 7. The fraction of sp³-hybridized carbons (Fsp3) is 0.368. The largest absolute Gasteiger partial charge is 0.368 e. The molecule has 0 amide bonds. The molecule has 1 saturated carbocycles. The standard InChI is InChI=1S/C19H22N8/c1-2-13(1)18-15(12-23-26-18)16-5-6-21-19(24-16)25-17-4-3-14(11-22-17)27-9-7-20-8-10-27/h3-6,11-13,20H,1-2,7-10H2,(H,23,26)(H,21,22,24,25).